The normalized spacial score (nSPS) is 28.7. The van der Waals surface area contributed by atoms with Crippen molar-refractivity contribution >= 4 is 11.8 Å². The fraction of sp³-hybridized carbons (Fsp3) is 0.556. The molecule has 0 radical (unpaired) electrons. The van der Waals surface area contributed by atoms with Gasteiger partial charge in [0.15, 0.2) is 0 Å². The lowest BCUT2D eigenvalue weighted by molar-refractivity contribution is -0.135. The lowest BCUT2D eigenvalue weighted by Crippen LogP contribution is -2.46. The summed E-state index contributed by atoms with van der Waals surface area (Å²) in [5, 5.41) is 3.06. The van der Waals surface area contributed by atoms with Crippen LogP contribution in [0.15, 0.2) is 24.3 Å². The van der Waals surface area contributed by atoms with Gasteiger partial charge in [-0.1, -0.05) is 18.6 Å². The summed E-state index contributed by atoms with van der Waals surface area (Å²) in [5.41, 5.74) is 0.410. The first kappa shape index (κ1) is 14.7. The number of amides is 2. The molecule has 0 spiro atoms. The molecule has 1 N–H and O–H groups in total. The first-order valence-corrected chi connectivity index (χ1v) is 8.44. The minimum atomic E-state index is -0.491. The van der Waals surface area contributed by atoms with E-state index in [2.05, 4.69) is 5.32 Å². The Morgan fingerprint density at radius 1 is 1.17 bits per heavy atom. The maximum atomic E-state index is 13.2. The van der Waals surface area contributed by atoms with Crippen molar-refractivity contribution in [2.45, 2.75) is 43.6 Å². The lowest BCUT2D eigenvalue weighted by atomic mass is 9.92. The molecule has 2 atom stereocenters. The highest BCUT2D eigenvalue weighted by Crippen LogP contribution is 2.50. The van der Waals surface area contributed by atoms with Gasteiger partial charge in [0.05, 0.1) is 11.3 Å². The number of hydrogen-bond donors (Lipinski definition) is 1. The van der Waals surface area contributed by atoms with Gasteiger partial charge in [-0.25, -0.2) is 4.39 Å². The summed E-state index contributed by atoms with van der Waals surface area (Å²) in [4.78, 5) is 27.2. The van der Waals surface area contributed by atoms with Crippen molar-refractivity contribution in [2.75, 3.05) is 13.1 Å². The highest BCUT2D eigenvalue weighted by Gasteiger charge is 2.54. The van der Waals surface area contributed by atoms with Gasteiger partial charge in [0.25, 0.3) is 0 Å². The molecule has 1 saturated carbocycles. The van der Waals surface area contributed by atoms with Gasteiger partial charge in [-0.3, -0.25) is 9.59 Å². The molecule has 2 aliphatic heterocycles. The van der Waals surface area contributed by atoms with Crippen molar-refractivity contribution < 1.29 is 14.0 Å². The zero-order valence-corrected chi connectivity index (χ0v) is 13.1. The lowest BCUT2D eigenvalue weighted by Gasteiger charge is -2.31. The fourth-order valence-electron chi connectivity index (χ4n) is 4.04. The number of nitrogens with one attached hydrogen (secondary N) is 1. The summed E-state index contributed by atoms with van der Waals surface area (Å²) < 4.78 is 13.2. The summed E-state index contributed by atoms with van der Waals surface area (Å²) in [5.74, 6) is -0.168. The number of rotatable bonds is 2. The van der Waals surface area contributed by atoms with E-state index in [-0.39, 0.29) is 29.6 Å². The average Bonchev–Trinajstić information content (AvgIpc) is 3.32. The van der Waals surface area contributed by atoms with Crippen molar-refractivity contribution in [1.82, 2.24) is 10.2 Å². The number of benzene rings is 1. The molecule has 4 nitrogen and oxygen atoms in total. The Balaban J connectivity index is 1.59. The number of halogens is 1. The van der Waals surface area contributed by atoms with Crippen LogP contribution in [-0.2, 0) is 15.0 Å². The van der Waals surface area contributed by atoms with Crippen molar-refractivity contribution in [1.29, 1.82) is 0 Å². The van der Waals surface area contributed by atoms with Crippen molar-refractivity contribution in [2.24, 2.45) is 5.92 Å². The van der Waals surface area contributed by atoms with Crippen LogP contribution in [-0.4, -0.2) is 35.8 Å². The van der Waals surface area contributed by atoms with E-state index < -0.39 is 5.41 Å². The molecular weight excluding hydrogens is 295 g/mol. The summed E-state index contributed by atoms with van der Waals surface area (Å²) in [6, 6.07) is 6.36. The minimum absolute atomic E-state index is 0.0722. The molecule has 122 valence electrons. The summed E-state index contributed by atoms with van der Waals surface area (Å²) in [7, 11) is 0. The second-order valence-electron chi connectivity index (χ2n) is 7.13. The molecule has 4 rings (SSSR count). The van der Waals surface area contributed by atoms with E-state index in [1.807, 2.05) is 4.90 Å². The first-order chi connectivity index (χ1) is 11.1. The molecule has 1 aromatic carbocycles. The fourth-order valence-corrected chi connectivity index (χ4v) is 4.04. The first-order valence-electron chi connectivity index (χ1n) is 8.44. The van der Waals surface area contributed by atoms with Crippen LogP contribution in [0.2, 0.25) is 0 Å². The summed E-state index contributed by atoms with van der Waals surface area (Å²) in [6.45, 7) is 1.12. The van der Waals surface area contributed by atoms with Crippen LogP contribution in [0.3, 0.4) is 0 Å². The number of nitrogens with zero attached hydrogens (tertiary/aromatic N) is 1. The molecule has 23 heavy (non-hydrogen) atoms. The molecule has 2 amide bonds. The molecule has 2 bridgehead atoms. The van der Waals surface area contributed by atoms with Crippen molar-refractivity contribution in [3.05, 3.63) is 35.6 Å². The second-order valence-corrected chi connectivity index (χ2v) is 7.13. The maximum Gasteiger partial charge on any atom is 0.233 e. The van der Waals surface area contributed by atoms with Crippen molar-refractivity contribution in [3.63, 3.8) is 0 Å². The third kappa shape index (κ3) is 2.52. The molecule has 1 aliphatic carbocycles. The van der Waals surface area contributed by atoms with Crippen LogP contribution in [0.4, 0.5) is 4.39 Å². The Morgan fingerprint density at radius 2 is 1.91 bits per heavy atom. The summed E-state index contributed by atoms with van der Waals surface area (Å²) >= 11 is 0. The summed E-state index contributed by atoms with van der Waals surface area (Å²) in [6.07, 6.45) is 4.46. The van der Waals surface area contributed by atoms with E-state index in [1.165, 1.54) is 12.1 Å². The molecule has 2 unspecified atom stereocenters. The zero-order chi connectivity index (χ0) is 16.0. The van der Waals surface area contributed by atoms with Crippen LogP contribution in [0.5, 0.6) is 0 Å². The molecule has 3 aliphatic rings. The number of likely N-dealkylation sites (tertiary alicyclic amines) is 1. The van der Waals surface area contributed by atoms with Crippen LogP contribution in [0, 0.1) is 11.7 Å². The molecule has 0 aromatic heterocycles. The topological polar surface area (TPSA) is 49.4 Å². The predicted molar refractivity (Wildman–Crippen MR) is 83.2 cm³/mol. The van der Waals surface area contributed by atoms with Crippen LogP contribution in [0.25, 0.3) is 0 Å². The van der Waals surface area contributed by atoms with Gasteiger partial charge in [0, 0.05) is 19.1 Å². The van der Waals surface area contributed by atoms with Crippen LogP contribution >= 0.6 is 0 Å². The number of carbonyl (C=O) groups is 2. The monoisotopic (exact) mass is 316 g/mol. The van der Waals surface area contributed by atoms with E-state index >= 15 is 0 Å². The van der Waals surface area contributed by atoms with E-state index in [0.717, 1.165) is 37.7 Å². The number of carbonyl (C=O) groups excluding carboxylic acids is 2. The Morgan fingerprint density at radius 3 is 2.61 bits per heavy atom. The van der Waals surface area contributed by atoms with Crippen molar-refractivity contribution in [3.8, 4) is 0 Å². The Bertz CT molecular complexity index is 639. The Hall–Kier alpha value is -1.91. The Kier molecular flexibility index (Phi) is 3.39. The van der Waals surface area contributed by atoms with Gasteiger partial charge in [0.1, 0.15) is 5.82 Å². The standard InChI is InChI=1S/C18H21FN2O2/c19-14-6-4-13(5-7-14)18(8-9-18)17(23)21-10-12-2-1-3-15(11-21)20-16(12)22/h4-7,12,15H,1-3,8-11H2,(H,20,22). The van der Waals surface area contributed by atoms with Crippen LogP contribution < -0.4 is 5.32 Å². The highest BCUT2D eigenvalue weighted by molar-refractivity contribution is 5.92. The van der Waals surface area contributed by atoms with Gasteiger partial charge >= 0.3 is 0 Å². The molecule has 2 saturated heterocycles. The predicted octanol–water partition coefficient (Wildman–Crippen LogP) is 1.98. The van der Waals surface area contributed by atoms with Gasteiger partial charge < -0.3 is 10.2 Å². The highest BCUT2D eigenvalue weighted by atomic mass is 19.1. The van der Waals surface area contributed by atoms with E-state index in [1.54, 1.807) is 12.1 Å². The quantitative estimate of drug-likeness (QED) is 0.907. The SMILES string of the molecule is O=C1NC2CCCC1CN(C(=O)C1(c3ccc(F)cc3)CC1)C2. The van der Waals surface area contributed by atoms with E-state index in [4.69, 9.17) is 0 Å². The maximum absolute atomic E-state index is 13.2. The molecule has 1 aromatic rings. The number of hydrogen-bond acceptors (Lipinski definition) is 2. The zero-order valence-electron chi connectivity index (χ0n) is 13.1. The smallest absolute Gasteiger partial charge is 0.233 e. The average molecular weight is 316 g/mol. The van der Waals surface area contributed by atoms with Crippen LogP contribution in [0.1, 0.15) is 37.7 Å². The number of fused-ring (bicyclic) bond motifs is 3. The third-order valence-electron chi connectivity index (χ3n) is 5.55. The third-order valence-corrected chi connectivity index (χ3v) is 5.55. The molecule has 2 heterocycles. The van der Waals surface area contributed by atoms with Gasteiger partial charge in [-0.05, 0) is 43.4 Å². The van der Waals surface area contributed by atoms with Gasteiger partial charge in [-0.15, -0.1) is 0 Å². The molecule has 3 fully saturated rings. The Labute approximate surface area is 135 Å². The second kappa shape index (κ2) is 5.32. The minimum Gasteiger partial charge on any atom is -0.351 e. The molecular formula is C18H21FN2O2. The largest absolute Gasteiger partial charge is 0.351 e. The van der Waals surface area contributed by atoms with Gasteiger partial charge in [-0.2, -0.15) is 0 Å². The van der Waals surface area contributed by atoms with Gasteiger partial charge in [0.2, 0.25) is 11.8 Å². The van der Waals surface area contributed by atoms with E-state index in [9.17, 15) is 14.0 Å². The molecule has 5 heteroatoms. The van der Waals surface area contributed by atoms with E-state index in [0.29, 0.717) is 13.1 Å².